The van der Waals surface area contributed by atoms with E-state index in [0.29, 0.717) is 42.7 Å². The Bertz CT molecular complexity index is 1170. The lowest BCUT2D eigenvalue weighted by atomic mass is 10.1. The molecule has 1 aromatic heterocycles. The maximum atomic E-state index is 12.7. The van der Waals surface area contributed by atoms with Crippen LogP contribution < -0.4 is 5.32 Å². The molecular formula is C21H21ClN4O5S. The average molecular weight is 477 g/mol. The van der Waals surface area contributed by atoms with E-state index >= 15 is 0 Å². The molecule has 168 valence electrons. The Morgan fingerprint density at radius 1 is 1.06 bits per heavy atom. The Morgan fingerprint density at radius 3 is 2.44 bits per heavy atom. The second-order valence-corrected chi connectivity index (χ2v) is 9.51. The number of hydrogen-bond acceptors (Lipinski definition) is 7. The van der Waals surface area contributed by atoms with Crippen molar-refractivity contribution in [3.8, 4) is 11.4 Å². The fourth-order valence-electron chi connectivity index (χ4n) is 3.18. The van der Waals surface area contributed by atoms with E-state index in [1.54, 1.807) is 36.4 Å². The Labute approximate surface area is 190 Å². The van der Waals surface area contributed by atoms with Crippen LogP contribution in [0.5, 0.6) is 0 Å². The first kappa shape index (κ1) is 22.4. The molecule has 0 spiro atoms. The summed E-state index contributed by atoms with van der Waals surface area (Å²) < 4.78 is 37.2. The monoisotopic (exact) mass is 476 g/mol. The second kappa shape index (κ2) is 9.78. The van der Waals surface area contributed by atoms with Crippen LogP contribution in [0.1, 0.15) is 11.5 Å². The molecule has 0 saturated carbocycles. The number of hydrogen-bond donors (Lipinski definition) is 1. The normalized spacial score (nSPS) is 14.9. The zero-order chi connectivity index (χ0) is 22.6. The van der Waals surface area contributed by atoms with Gasteiger partial charge in [0.25, 0.3) is 0 Å². The molecule has 1 fully saturated rings. The highest BCUT2D eigenvalue weighted by molar-refractivity contribution is 7.89. The van der Waals surface area contributed by atoms with Crippen LogP contribution in [0.4, 0.5) is 0 Å². The van der Waals surface area contributed by atoms with Gasteiger partial charge in [-0.1, -0.05) is 28.9 Å². The maximum Gasteiger partial charge on any atom is 0.246 e. The van der Waals surface area contributed by atoms with Crippen LogP contribution in [0.15, 0.2) is 57.9 Å². The third-order valence-electron chi connectivity index (χ3n) is 4.90. The molecule has 9 nitrogen and oxygen atoms in total. The van der Waals surface area contributed by atoms with E-state index in [-0.39, 0.29) is 29.7 Å². The molecular weight excluding hydrogens is 456 g/mol. The number of aromatic nitrogens is 2. The number of halogens is 1. The summed E-state index contributed by atoms with van der Waals surface area (Å²) in [6, 6.07) is 13.3. The number of rotatable bonds is 7. The van der Waals surface area contributed by atoms with Gasteiger partial charge in [-0.15, -0.1) is 0 Å². The summed E-state index contributed by atoms with van der Waals surface area (Å²) in [6.07, 6.45) is 0.206. The minimum atomic E-state index is -3.57. The summed E-state index contributed by atoms with van der Waals surface area (Å²) in [6.45, 7) is 1.53. The smallest absolute Gasteiger partial charge is 0.246 e. The van der Waals surface area contributed by atoms with Crippen molar-refractivity contribution < 1.29 is 22.5 Å². The standard InChI is InChI=1S/C21H21ClN4O5S/c22-17-5-1-15(2-6-17)13-19(27)23-14-20-24-21(25-31-20)16-3-7-18(8-4-16)32(28,29)26-9-11-30-12-10-26/h1-8H,9-14H2,(H,23,27). The molecule has 1 amide bonds. The fraction of sp³-hybridized carbons (Fsp3) is 0.286. The molecule has 0 atom stereocenters. The van der Waals surface area contributed by atoms with Crippen LogP contribution in [0.2, 0.25) is 5.02 Å². The lowest BCUT2D eigenvalue weighted by Gasteiger charge is -2.26. The molecule has 4 rings (SSSR count). The van der Waals surface area contributed by atoms with Gasteiger partial charge < -0.3 is 14.6 Å². The third-order valence-corrected chi connectivity index (χ3v) is 7.07. The fourth-order valence-corrected chi connectivity index (χ4v) is 4.71. The average Bonchev–Trinajstić information content (AvgIpc) is 3.29. The summed E-state index contributed by atoms with van der Waals surface area (Å²) in [5, 5.41) is 7.25. The number of amides is 1. The first-order valence-electron chi connectivity index (χ1n) is 9.94. The topological polar surface area (TPSA) is 115 Å². The van der Waals surface area contributed by atoms with Gasteiger partial charge in [0.15, 0.2) is 0 Å². The Hall–Kier alpha value is -2.79. The maximum absolute atomic E-state index is 12.7. The van der Waals surface area contributed by atoms with Crippen LogP contribution in [0, 0.1) is 0 Å². The molecule has 0 radical (unpaired) electrons. The van der Waals surface area contributed by atoms with Crippen LogP contribution in [0.3, 0.4) is 0 Å². The molecule has 2 heterocycles. The van der Waals surface area contributed by atoms with E-state index in [1.165, 1.54) is 16.4 Å². The van der Waals surface area contributed by atoms with E-state index < -0.39 is 10.0 Å². The predicted molar refractivity (Wildman–Crippen MR) is 116 cm³/mol. The number of carbonyl (C=O) groups is 1. The van der Waals surface area contributed by atoms with Gasteiger partial charge in [0.05, 0.1) is 31.1 Å². The quantitative estimate of drug-likeness (QED) is 0.556. The summed E-state index contributed by atoms with van der Waals surface area (Å²) in [4.78, 5) is 16.6. The lowest BCUT2D eigenvalue weighted by molar-refractivity contribution is -0.120. The zero-order valence-corrected chi connectivity index (χ0v) is 18.6. The van der Waals surface area contributed by atoms with Crippen molar-refractivity contribution >= 4 is 27.5 Å². The van der Waals surface area contributed by atoms with Crippen molar-refractivity contribution in [2.45, 2.75) is 17.9 Å². The van der Waals surface area contributed by atoms with Crippen molar-refractivity contribution in [1.29, 1.82) is 0 Å². The molecule has 0 bridgehead atoms. The molecule has 1 N–H and O–H groups in total. The molecule has 2 aromatic carbocycles. The number of sulfonamides is 1. The van der Waals surface area contributed by atoms with E-state index in [9.17, 15) is 13.2 Å². The summed E-state index contributed by atoms with van der Waals surface area (Å²) >= 11 is 5.84. The number of ether oxygens (including phenoxy) is 1. The van der Waals surface area contributed by atoms with Crippen molar-refractivity contribution in [3.63, 3.8) is 0 Å². The molecule has 1 aliphatic rings. The van der Waals surface area contributed by atoms with Crippen molar-refractivity contribution in [2.24, 2.45) is 0 Å². The molecule has 11 heteroatoms. The van der Waals surface area contributed by atoms with Crippen molar-refractivity contribution in [2.75, 3.05) is 26.3 Å². The predicted octanol–water partition coefficient (Wildman–Crippen LogP) is 2.27. The van der Waals surface area contributed by atoms with E-state index in [0.717, 1.165) is 5.56 Å². The van der Waals surface area contributed by atoms with Crippen LogP contribution in [-0.2, 0) is 32.5 Å². The van der Waals surface area contributed by atoms with Gasteiger partial charge in [0.2, 0.25) is 27.6 Å². The minimum absolute atomic E-state index is 0.0862. The van der Waals surface area contributed by atoms with E-state index in [2.05, 4.69) is 15.5 Å². The SMILES string of the molecule is O=C(Cc1ccc(Cl)cc1)NCc1nc(-c2ccc(S(=O)(=O)N3CCOCC3)cc2)no1. The third kappa shape index (κ3) is 5.33. The van der Waals surface area contributed by atoms with E-state index in [1.807, 2.05) is 0 Å². The van der Waals surface area contributed by atoms with Gasteiger partial charge in [0.1, 0.15) is 0 Å². The summed E-state index contributed by atoms with van der Waals surface area (Å²) in [7, 11) is -3.57. The molecule has 1 aliphatic heterocycles. The number of morpholine rings is 1. The Kier molecular flexibility index (Phi) is 6.85. The summed E-state index contributed by atoms with van der Waals surface area (Å²) in [5.41, 5.74) is 1.44. The number of benzene rings is 2. The van der Waals surface area contributed by atoms with Crippen LogP contribution in [-0.4, -0.2) is 55.1 Å². The minimum Gasteiger partial charge on any atom is -0.379 e. The van der Waals surface area contributed by atoms with Crippen LogP contribution in [0.25, 0.3) is 11.4 Å². The molecule has 1 saturated heterocycles. The molecule has 32 heavy (non-hydrogen) atoms. The van der Waals surface area contributed by atoms with Gasteiger partial charge in [-0.2, -0.15) is 9.29 Å². The largest absolute Gasteiger partial charge is 0.379 e. The Morgan fingerprint density at radius 2 is 1.75 bits per heavy atom. The second-order valence-electron chi connectivity index (χ2n) is 7.13. The number of nitrogens with one attached hydrogen (secondary N) is 1. The molecule has 0 aliphatic carbocycles. The number of carbonyl (C=O) groups excluding carboxylic acids is 1. The first-order valence-corrected chi connectivity index (χ1v) is 11.8. The van der Waals surface area contributed by atoms with Gasteiger partial charge in [0, 0.05) is 23.7 Å². The van der Waals surface area contributed by atoms with Crippen LogP contribution >= 0.6 is 11.6 Å². The highest BCUT2D eigenvalue weighted by atomic mass is 35.5. The van der Waals surface area contributed by atoms with Gasteiger partial charge in [-0.05, 0) is 42.0 Å². The lowest BCUT2D eigenvalue weighted by Crippen LogP contribution is -2.40. The molecule has 3 aromatic rings. The van der Waals surface area contributed by atoms with Gasteiger partial charge in [-0.3, -0.25) is 4.79 Å². The summed E-state index contributed by atoms with van der Waals surface area (Å²) in [5.74, 6) is 0.362. The van der Waals surface area contributed by atoms with Crippen molar-refractivity contribution in [1.82, 2.24) is 19.8 Å². The van der Waals surface area contributed by atoms with E-state index in [4.69, 9.17) is 20.9 Å². The number of nitrogens with zero attached hydrogens (tertiary/aromatic N) is 3. The highest BCUT2D eigenvalue weighted by Crippen LogP contribution is 2.22. The highest BCUT2D eigenvalue weighted by Gasteiger charge is 2.26. The zero-order valence-electron chi connectivity index (χ0n) is 17.0. The first-order chi connectivity index (χ1) is 15.4. The van der Waals surface area contributed by atoms with Crippen molar-refractivity contribution in [3.05, 3.63) is 65.0 Å². The molecule has 0 unspecified atom stereocenters. The van der Waals surface area contributed by atoms with Gasteiger partial charge >= 0.3 is 0 Å². The Balaban J connectivity index is 1.35. The van der Waals surface area contributed by atoms with Gasteiger partial charge in [-0.25, -0.2) is 8.42 Å².